The summed E-state index contributed by atoms with van der Waals surface area (Å²) >= 11 is 1.44. The lowest BCUT2D eigenvalue weighted by molar-refractivity contribution is -0.145. The van der Waals surface area contributed by atoms with Gasteiger partial charge < -0.3 is 19.5 Å². The van der Waals surface area contributed by atoms with Crippen molar-refractivity contribution >= 4 is 50.3 Å². The minimum Gasteiger partial charge on any atom is -0.493 e. The zero-order valence-corrected chi connectivity index (χ0v) is 33.4. The van der Waals surface area contributed by atoms with Gasteiger partial charge in [0.2, 0.25) is 0 Å². The quantitative estimate of drug-likeness (QED) is 0.119. The second-order valence-electron chi connectivity index (χ2n) is 15.7. The van der Waals surface area contributed by atoms with Crippen molar-refractivity contribution in [3.05, 3.63) is 101 Å². The van der Waals surface area contributed by atoms with Crippen LogP contribution < -0.4 is 15.0 Å². The first-order valence-electron chi connectivity index (χ1n) is 20.1. The zero-order chi connectivity index (χ0) is 39.5. The number of carbonyl (C=O) groups is 3. The SMILES string of the molecule is CCOC(=O)CN1CCC2(CC[C@H](CCOc3cccc(-c4ccc(N5CCc6cccc(C(=O)Nc7nc8ccccc8s7)c6C5)nc4C(=O)O)c3C)C2)CC1. The molecule has 12 heteroatoms. The summed E-state index contributed by atoms with van der Waals surface area (Å²) in [6.45, 7) is 8.17. The molecule has 1 spiro atoms. The van der Waals surface area contributed by atoms with E-state index in [2.05, 4.69) is 15.2 Å². The van der Waals surface area contributed by atoms with E-state index in [1.165, 1.54) is 30.6 Å². The number of rotatable bonds is 12. The standard InChI is InChI=1S/C45H49N5O6S/c1-3-55-40(51)28-49-23-20-45(21-24-49)19-16-30(26-45)18-25-56-37-12-7-9-32(29(37)2)33-14-15-39(47-41(33)43(53)54)50-22-17-31-8-6-10-34(35(31)27-50)42(52)48-44-46-36-11-4-5-13-38(36)57-44/h4-15,30H,3,16-28H2,1-2H3,(H,53,54)(H,46,48,52)/t30-/m1/s1. The molecule has 1 atom stereocenters. The Balaban J connectivity index is 0.915. The highest BCUT2D eigenvalue weighted by atomic mass is 32.1. The summed E-state index contributed by atoms with van der Waals surface area (Å²) in [6.07, 6.45) is 7.53. The van der Waals surface area contributed by atoms with Gasteiger partial charge >= 0.3 is 11.9 Å². The van der Waals surface area contributed by atoms with Crippen LogP contribution in [0.1, 0.15) is 83.0 Å². The van der Waals surface area contributed by atoms with Crippen LogP contribution in [0.15, 0.2) is 72.8 Å². The van der Waals surface area contributed by atoms with Crippen molar-refractivity contribution < 1.29 is 29.0 Å². The average Bonchev–Trinajstić information content (AvgIpc) is 3.82. The van der Waals surface area contributed by atoms with Crippen LogP contribution in [-0.2, 0) is 22.5 Å². The number of carboxylic acid groups (broad SMARTS) is 1. The summed E-state index contributed by atoms with van der Waals surface area (Å²) in [5.74, 6) is 0.436. The number of nitrogens with zero attached hydrogens (tertiary/aromatic N) is 4. The van der Waals surface area contributed by atoms with Gasteiger partial charge in [-0.25, -0.2) is 14.8 Å². The van der Waals surface area contributed by atoms with Crippen LogP contribution in [0.4, 0.5) is 10.9 Å². The van der Waals surface area contributed by atoms with Crippen molar-refractivity contribution in [2.45, 2.75) is 65.3 Å². The molecule has 2 fully saturated rings. The number of carbonyl (C=O) groups excluding carboxylic acids is 2. The van der Waals surface area contributed by atoms with Crippen molar-refractivity contribution in [2.24, 2.45) is 11.3 Å². The molecule has 3 aromatic carbocycles. The maximum Gasteiger partial charge on any atom is 0.355 e. The van der Waals surface area contributed by atoms with Crippen molar-refractivity contribution in [2.75, 3.05) is 49.6 Å². The van der Waals surface area contributed by atoms with Gasteiger partial charge in [0.15, 0.2) is 10.8 Å². The predicted octanol–water partition coefficient (Wildman–Crippen LogP) is 8.39. The number of amides is 1. The van der Waals surface area contributed by atoms with Crippen molar-refractivity contribution in [1.29, 1.82) is 0 Å². The maximum absolute atomic E-state index is 13.6. The molecular formula is C45H49N5O6S. The minimum atomic E-state index is -1.10. The number of likely N-dealkylation sites (tertiary alicyclic amines) is 1. The average molecular weight is 788 g/mol. The van der Waals surface area contributed by atoms with Crippen molar-refractivity contribution in [3.8, 4) is 16.9 Å². The van der Waals surface area contributed by atoms with Crippen molar-refractivity contribution in [3.63, 3.8) is 0 Å². The highest BCUT2D eigenvalue weighted by Gasteiger charge is 2.41. The molecule has 1 saturated carbocycles. The van der Waals surface area contributed by atoms with E-state index in [1.807, 2.05) is 91.5 Å². The fourth-order valence-corrected chi connectivity index (χ4v) is 9.95. The number of carboxylic acids is 1. The van der Waals surface area contributed by atoms with E-state index in [1.54, 1.807) is 0 Å². The third-order valence-electron chi connectivity index (χ3n) is 12.2. The van der Waals surface area contributed by atoms with Crippen LogP contribution in [0, 0.1) is 18.3 Å². The van der Waals surface area contributed by atoms with E-state index >= 15 is 0 Å². The third kappa shape index (κ3) is 8.38. The van der Waals surface area contributed by atoms with E-state index in [4.69, 9.17) is 14.5 Å². The lowest BCUT2D eigenvalue weighted by atomic mass is 9.76. The molecule has 5 aromatic rings. The number of para-hydroxylation sites is 1. The number of thiazole rings is 1. The summed E-state index contributed by atoms with van der Waals surface area (Å²) in [4.78, 5) is 51.8. The van der Waals surface area contributed by atoms with Gasteiger partial charge in [0.25, 0.3) is 5.91 Å². The predicted molar refractivity (Wildman–Crippen MR) is 222 cm³/mol. The molecule has 3 aliphatic rings. The van der Waals surface area contributed by atoms with E-state index < -0.39 is 5.97 Å². The second kappa shape index (κ2) is 16.6. The van der Waals surface area contributed by atoms with Crippen LogP contribution in [-0.4, -0.2) is 77.2 Å². The summed E-state index contributed by atoms with van der Waals surface area (Å²) in [6, 6.07) is 23.1. The second-order valence-corrected chi connectivity index (χ2v) is 16.7. The highest BCUT2D eigenvalue weighted by Crippen LogP contribution is 2.50. The number of benzene rings is 3. The number of nitrogens with one attached hydrogen (secondary N) is 1. The largest absolute Gasteiger partial charge is 0.493 e. The summed E-state index contributed by atoms with van der Waals surface area (Å²) in [5, 5.41) is 14.0. The van der Waals surface area contributed by atoms with Crippen LogP contribution in [0.3, 0.4) is 0 Å². The van der Waals surface area contributed by atoms with E-state index in [9.17, 15) is 19.5 Å². The Kier molecular flexibility index (Phi) is 11.3. The van der Waals surface area contributed by atoms with Crippen LogP contribution in [0.2, 0.25) is 0 Å². The van der Waals surface area contributed by atoms with Gasteiger partial charge in [0.1, 0.15) is 11.6 Å². The summed E-state index contributed by atoms with van der Waals surface area (Å²) in [5.41, 5.74) is 5.93. The van der Waals surface area contributed by atoms with Crippen LogP contribution in [0.25, 0.3) is 21.3 Å². The van der Waals surface area contributed by atoms with E-state index in [0.29, 0.717) is 72.7 Å². The number of piperidine rings is 1. The number of hydrogen-bond donors (Lipinski definition) is 2. The number of ether oxygens (including phenoxy) is 2. The Morgan fingerprint density at radius 3 is 2.58 bits per heavy atom. The minimum absolute atomic E-state index is 0.0232. The molecule has 11 nitrogen and oxygen atoms in total. The molecule has 1 amide bonds. The molecular weight excluding hydrogens is 739 g/mol. The van der Waals surface area contributed by atoms with Gasteiger partial charge in [-0.3, -0.25) is 19.8 Å². The number of pyridine rings is 1. The van der Waals surface area contributed by atoms with Gasteiger partial charge in [0, 0.05) is 24.2 Å². The molecule has 296 valence electrons. The fraction of sp³-hybridized carbons (Fsp3) is 0.400. The Labute approximate surface area is 337 Å². The Bertz CT molecular complexity index is 2270. The van der Waals surface area contributed by atoms with Gasteiger partial charge in [-0.1, -0.05) is 47.7 Å². The maximum atomic E-state index is 13.6. The van der Waals surface area contributed by atoms with E-state index in [-0.39, 0.29) is 17.6 Å². The Hall–Kier alpha value is -5.33. The van der Waals surface area contributed by atoms with Crippen LogP contribution >= 0.6 is 11.3 Å². The number of aromatic nitrogens is 2. The number of aromatic carboxylic acids is 1. The zero-order valence-electron chi connectivity index (χ0n) is 32.6. The molecule has 0 bridgehead atoms. The first kappa shape index (κ1) is 38.5. The van der Waals surface area contributed by atoms with Gasteiger partial charge in [-0.05, 0) is 142 Å². The lowest BCUT2D eigenvalue weighted by Gasteiger charge is -2.39. The first-order chi connectivity index (χ1) is 27.7. The molecule has 1 aliphatic carbocycles. The smallest absolute Gasteiger partial charge is 0.355 e. The lowest BCUT2D eigenvalue weighted by Crippen LogP contribution is -2.41. The van der Waals surface area contributed by atoms with Crippen molar-refractivity contribution in [1.82, 2.24) is 14.9 Å². The monoisotopic (exact) mass is 787 g/mol. The molecule has 1 saturated heterocycles. The van der Waals surface area contributed by atoms with E-state index in [0.717, 1.165) is 70.6 Å². The molecule has 4 heterocycles. The molecule has 0 unspecified atom stereocenters. The number of anilines is 2. The molecule has 8 rings (SSSR count). The molecule has 2 aliphatic heterocycles. The topological polar surface area (TPSA) is 134 Å². The summed E-state index contributed by atoms with van der Waals surface area (Å²) < 4.78 is 12.5. The molecule has 57 heavy (non-hydrogen) atoms. The van der Waals surface area contributed by atoms with Crippen LogP contribution in [0.5, 0.6) is 5.75 Å². The first-order valence-corrected chi connectivity index (χ1v) is 20.9. The number of esters is 1. The Morgan fingerprint density at radius 1 is 0.947 bits per heavy atom. The third-order valence-corrected chi connectivity index (χ3v) is 13.1. The number of fused-ring (bicyclic) bond motifs is 2. The Morgan fingerprint density at radius 2 is 1.77 bits per heavy atom. The highest BCUT2D eigenvalue weighted by molar-refractivity contribution is 7.22. The summed E-state index contributed by atoms with van der Waals surface area (Å²) in [7, 11) is 0. The number of hydrogen-bond acceptors (Lipinski definition) is 10. The normalized spacial score (nSPS) is 17.7. The molecule has 0 radical (unpaired) electrons. The van der Waals surface area contributed by atoms with Gasteiger partial charge in [0.05, 0.1) is 30.0 Å². The molecule has 2 aromatic heterocycles. The fourth-order valence-electron chi connectivity index (χ4n) is 9.08. The van der Waals surface area contributed by atoms with Gasteiger partial charge in [-0.2, -0.15) is 0 Å². The van der Waals surface area contributed by atoms with Gasteiger partial charge in [-0.15, -0.1) is 0 Å². The molecule has 2 N–H and O–H groups in total.